The van der Waals surface area contributed by atoms with Gasteiger partial charge in [-0.1, -0.05) is 71.7 Å². The van der Waals surface area contributed by atoms with E-state index in [4.69, 9.17) is 67.2 Å². The first-order valence-corrected chi connectivity index (χ1v) is 45.3. The van der Waals surface area contributed by atoms with Gasteiger partial charge in [0.25, 0.3) is 11.6 Å². The van der Waals surface area contributed by atoms with Crippen molar-refractivity contribution in [1.82, 2.24) is 85.9 Å². The van der Waals surface area contributed by atoms with Gasteiger partial charge in [0.05, 0.1) is 119 Å². The van der Waals surface area contributed by atoms with Crippen LogP contribution in [0, 0.1) is 27.7 Å². The summed E-state index contributed by atoms with van der Waals surface area (Å²) in [5.74, 6) is 6.39. The number of fused-ring (bicyclic) bond motifs is 12. The van der Waals surface area contributed by atoms with E-state index < -0.39 is 54.3 Å². The van der Waals surface area contributed by atoms with Gasteiger partial charge in [0.15, 0.2) is 17.5 Å². The number of ether oxygens (including phenoxy) is 4. The Morgan fingerprint density at radius 2 is 0.677 bits per heavy atom. The van der Waals surface area contributed by atoms with Crippen LogP contribution in [-0.2, 0) is 35.3 Å². The summed E-state index contributed by atoms with van der Waals surface area (Å²) in [6, 6.07) is 51.0. The van der Waals surface area contributed by atoms with Crippen molar-refractivity contribution in [2.75, 3.05) is 79.2 Å². The Morgan fingerprint density at radius 3 is 1.02 bits per heavy atom. The van der Waals surface area contributed by atoms with E-state index in [1.54, 1.807) is 69.1 Å². The van der Waals surface area contributed by atoms with Crippen LogP contribution in [0.1, 0.15) is 161 Å². The number of rotatable bonds is 34. The predicted molar refractivity (Wildman–Crippen MR) is 495 cm³/mol. The van der Waals surface area contributed by atoms with Crippen LogP contribution in [0.25, 0.3) is 22.7 Å². The highest BCUT2D eigenvalue weighted by molar-refractivity contribution is 7.99. The van der Waals surface area contributed by atoms with Crippen LogP contribution in [0.4, 0.5) is 0 Å². The second-order valence-corrected chi connectivity index (χ2v) is 34.3. The largest absolute Gasteiger partial charge is 0.497 e. The van der Waals surface area contributed by atoms with Gasteiger partial charge in [0, 0.05) is 85.3 Å². The lowest BCUT2D eigenvalue weighted by Crippen LogP contribution is -2.44. The second kappa shape index (κ2) is 40.3. The molecule has 130 heavy (non-hydrogen) atoms. The summed E-state index contributed by atoms with van der Waals surface area (Å²) in [5, 5.41) is 50.1. The molecule has 0 bridgehead atoms. The van der Waals surface area contributed by atoms with Crippen LogP contribution in [0.15, 0.2) is 200 Å². The standard InChI is InChI=1S/C94H94Cl2N22O10S2/c1-10-97-81(119)47-73-91-110-107-53(2)115(91)78-34-26-64(126-7)44-70(78)89(103-73)59-17-29-67(30-18-59)129-41-11-12-42-130-68-31-19-60(20-32-68)90-71-45-65(127-8)27-35-79(71)116-54(3)108-111-92(116)74(104-90)48-82(120)100-39-40-114-56(5)118-80-36-28-66(128-9)46-72(80)88(58-15-23-62(96)24-16-58)106-76(94(118)113-114)50-84(122)102-52-86(124)99-38-37-98-85(123)51-101-83(121)49-75-93-112-109-55(4)117(93)77-33-25-63(125-6)43-69(77)87(105-75)57-13-21-61(95)22-14-57/h13-36,43-46,73-76H,10-12,37-42,47-52H2,1-9H3,(H5-,97,98,99,100,101,102,119,120,121,122,123,124)/p+1. The fourth-order valence-electron chi connectivity index (χ4n) is 16.2. The second-order valence-electron chi connectivity index (χ2n) is 31.1. The van der Waals surface area contributed by atoms with Crippen molar-refractivity contribution in [3.8, 4) is 45.7 Å². The quantitative estimate of drug-likeness (QED) is 0.0124. The summed E-state index contributed by atoms with van der Waals surface area (Å²) in [5.41, 5.74) is 11.9. The summed E-state index contributed by atoms with van der Waals surface area (Å²) in [6.45, 7) is 9.48. The van der Waals surface area contributed by atoms with E-state index in [1.165, 1.54) is 0 Å². The van der Waals surface area contributed by atoms with Crippen LogP contribution in [0.2, 0.25) is 10.0 Å². The molecule has 8 heterocycles. The molecular weight excluding hydrogens is 1730 g/mol. The maximum absolute atomic E-state index is 14.6. The molecule has 16 rings (SSSR count). The number of unbranched alkanes of at least 4 members (excludes halogenated alkanes) is 1. The van der Waals surface area contributed by atoms with Crippen LogP contribution < -0.4 is 55.5 Å². The summed E-state index contributed by atoms with van der Waals surface area (Å²) in [6.07, 6.45) is 1.62. The monoisotopic (exact) mass is 1830 g/mol. The first-order valence-electron chi connectivity index (χ1n) is 42.5. The van der Waals surface area contributed by atoms with Gasteiger partial charge < -0.3 is 50.8 Å². The highest BCUT2D eigenvalue weighted by Gasteiger charge is 2.39. The number of aliphatic imine (C=N–C) groups is 4. The third-order valence-corrected chi connectivity index (χ3v) is 25.3. The molecule has 0 fully saturated rings. The molecule has 8 aromatic carbocycles. The number of methoxy groups -OCH3 is 4. The Bertz CT molecular complexity index is 6450. The van der Waals surface area contributed by atoms with E-state index in [0.717, 1.165) is 90.3 Å². The number of aromatic nitrogens is 12. The zero-order valence-electron chi connectivity index (χ0n) is 72.9. The molecule has 12 aromatic rings. The molecule has 36 heteroatoms. The van der Waals surface area contributed by atoms with Gasteiger partial charge in [-0.25, -0.2) is 0 Å². The lowest BCUT2D eigenvalue weighted by atomic mass is 10.00. The van der Waals surface area contributed by atoms with Gasteiger partial charge in [-0.15, -0.1) is 58.8 Å². The molecule has 4 aliphatic rings. The van der Waals surface area contributed by atoms with E-state index in [2.05, 4.69) is 111 Å². The zero-order valence-corrected chi connectivity index (χ0v) is 76.0. The Morgan fingerprint density at radius 1 is 0.369 bits per heavy atom. The van der Waals surface area contributed by atoms with Gasteiger partial charge in [-0.2, -0.15) is 4.57 Å². The maximum atomic E-state index is 14.6. The molecule has 4 aliphatic heterocycles. The van der Waals surface area contributed by atoms with Crippen LogP contribution >= 0.6 is 46.7 Å². The third-order valence-electron chi connectivity index (χ3n) is 22.6. The van der Waals surface area contributed by atoms with Gasteiger partial charge >= 0.3 is 0 Å². The molecule has 4 unspecified atom stereocenters. The van der Waals surface area contributed by atoms with Crippen LogP contribution in [-0.4, -0.2) is 191 Å². The topological polar surface area (TPSA) is 375 Å². The van der Waals surface area contributed by atoms with Crippen molar-refractivity contribution in [1.29, 1.82) is 0 Å². The minimum atomic E-state index is -0.932. The van der Waals surface area contributed by atoms with Crippen LogP contribution in [0.5, 0.6) is 23.0 Å². The van der Waals surface area contributed by atoms with Crippen LogP contribution in [0.3, 0.4) is 0 Å². The van der Waals surface area contributed by atoms with Crippen molar-refractivity contribution in [3.05, 3.63) is 271 Å². The van der Waals surface area contributed by atoms with Crippen molar-refractivity contribution >= 4 is 105 Å². The van der Waals surface area contributed by atoms with Gasteiger partial charge in [-0.05, 0) is 178 Å². The molecular formula is C94H95Cl2N22O10S2+. The third kappa shape index (κ3) is 19.8. The lowest BCUT2D eigenvalue weighted by Gasteiger charge is -2.14. The first kappa shape index (κ1) is 89.7. The zero-order chi connectivity index (χ0) is 90.8. The van der Waals surface area contributed by atoms with Gasteiger partial charge in [0.1, 0.15) is 76.9 Å². The minimum absolute atomic E-state index is 0.00539. The predicted octanol–water partition coefficient (Wildman–Crippen LogP) is 11.4. The molecule has 666 valence electrons. The fraction of sp³-hybridized carbons (Fsp3) is 0.298. The number of hydrogen-bond donors (Lipinski definition) is 6. The number of amides is 6. The lowest BCUT2D eigenvalue weighted by molar-refractivity contribution is -0.755. The van der Waals surface area contributed by atoms with Crippen molar-refractivity contribution < 1.29 is 52.4 Å². The number of aryl methyl sites for hydroxylation is 3. The Balaban J connectivity index is 0.543. The molecule has 0 spiro atoms. The number of nitrogens with one attached hydrogen (secondary N) is 6. The number of hydrogen-bond acceptors (Lipinski definition) is 23. The van der Waals surface area contributed by atoms with Crippen molar-refractivity contribution in [2.24, 2.45) is 20.0 Å². The first-order chi connectivity index (χ1) is 63.1. The summed E-state index contributed by atoms with van der Waals surface area (Å²) in [7, 11) is 6.42. The number of carbonyl (C=O) groups excluding carboxylic acids is 6. The summed E-state index contributed by atoms with van der Waals surface area (Å²) < 4.78 is 32.4. The molecule has 32 nitrogen and oxygen atoms in total. The average molecular weight is 1830 g/mol. The van der Waals surface area contributed by atoms with E-state index in [0.29, 0.717) is 120 Å². The SMILES string of the molecule is CCNC(=O)CC1N=C(c2ccc(SCCCCSc3ccc(C4=NC(CC(=O)NCC[n+]5nc6n(c5C)-c5ccc(OC)cc5C(c5ccc(Cl)cc5)=NC6CC(=O)NCC(=O)NCCNC(=O)CNC(=O)CC5N=C(c6ccc(Cl)cc6)c6cc(OC)ccc6-n6c(C)nnc65)c5nnc(C)n5-c5ccc(OC)cc54)cc3)cc2)c2cc(OC)ccc2-n2c(C)nnc21. The number of halogens is 2. The highest BCUT2D eigenvalue weighted by Crippen LogP contribution is 2.41. The molecule has 0 saturated heterocycles. The number of thioether (sulfide) groups is 2. The summed E-state index contributed by atoms with van der Waals surface area (Å²) >= 11 is 16.3. The van der Waals surface area contributed by atoms with E-state index in [9.17, 15) is 28.8 Å². The van der Waals surface area contributed by atoms with Gasteiger partial charge in [-0.3, -0.25) is 62.4 Å². The maximum Gasteiger partial charge on any atom is 0.280 e. The van der Waals surface area contributed by atoms with E-state index in [-0.39, 0.29) is 70.2 Å². The molecule has 4 aromatic heterocycles. The Hall–Kier alpha value is -13.7. The molecule has 0 aliphatic carbocycles. The molecule has 6 amide bonds. The fourth-order valence-corrected chi connectivity index (χ4v) is 18.3. The molecule has 4 atom stereocenters. The van der Waals surface area contributed by atoms with Crippen molar-refractivity contribution in [3.63, 3.8) is 0 Å². The molecule has 0 radical (unpaired) electrons. The Kier molecular flexibility index (Phi) is 27.8. The minimum Gasteiger partial charge on any atom is -0.497 e. The van der Waals surface area contributed by atoms with Crippen molar-refractivity contribution in [2.45, 2.75) is 114 Å². The number of benzene rings is 8. The number of nitrogens with zero attached hydrogens (tertiary/aromatic N) is 16. The molecule has 0 saturated carbocycles. The normalized spacial score (nSPS) is 15.0. The number of carbonyl (C=O) groups is 6. The average Bonchev–Trinajstić information content (AvgIpc) is 1.60. The highest BCUT2D eigenvalue weighted by atomic mass is 35.5. The van der Waals surface area contributed by atoms with E-state index >= 15 is 0 Å². The van der Waals surface area contributed by atoms with E-state index in [1.807, 2.05) is 162 Å². The summed E-state index contributed by atoms with van der Waals surface area (Å²) in [4.78, 5) is 105. The smallest absolute Gasteiger partial charge is 0.280 e. The Labute approximate surface area is 768 Å². The molecule has 6 N–H and O–H groups in total. The van der Waals surface area contributed by atoms with Gasteiger partial charge in [0.2, 0.25) is 35.4 Å².